The van der Waals surface area contributed by atoms with Gasteiger partial charge >= 0.3 is 0 Å². The Hall–Kier alpha value is -2.09. The molecule has 0 radical (unpaired) electrons. The van der Waals surface area contributed by atoms with Gasteiger partial charge in [-0.2, -0.15) is 11.8 Å². The van der Waals surface area contributed by atoms with Crippen LogP contribution in [0.5, 0.6) is 0 Å². The molecule has 5 nitrogen and oxygen atoms in total. The molecule has 3 N–H and O–H groups in total. The first kappa shape index (κ1) is 18.7. The summed E-state index contributed by atoms with van der Waals surface area (Å²) in [6.45, 7) is 2.43. The number of nitrogens with one attached hydrogen (secondary N) is 3. The molecule has 26 heavy (non-hydrogen) atoms. The van der Waals surface area contributed by atoms with E-state index in [2.05, 4.69) is 50.9 Å². The molecule has 136 valence electrons. The molecule has 0 aliphatic rings. The Kier molecular flexibility index (Phi) is 7.30. The molecule has 0 spiro atoms. The number of aromatic nitrogens is 2. The fourth-order valence-electron chi connectivity index (χ4n) is 2.42. The molecule has 7 heteroatoms. The summed E-state index contributed by atoms with van der Waals surface area (Å²) in [4.78, 5) is 6.97. The van der Waals surface area contributed by atoms with E-state index < -0.39 is 0 Å². The van der Waals surface area contributed by atoms with E-state index in [0.29, 0.717) is 4.77 Å². The van der Waals surface area contributed by atoms with E-state index in [4.69, 9.17) is 16.6 Å². The number of hydrogen-bond donors (Lipinski definition) is 3. The predicted octanol–water partition coefficient (Wildman–Crippen LogP) is 4.37. The Bertz CT molecular complexity index is 848. The molecule has 0 bridgehead atoms. The van der Waals surface area contributed by atoms with Gasteiger partial charge in [0.15, 0.2) is 4.77 Å². The largest absolute Gasteiger partial charge is 0.464 e. The maximum atomic E-state index is 5.87. The third kappa shape index (κ3) is 6.33. The van der Waals surface area contributed by atoms with Crippen molar-refractivity contribution in [3.8, 4) is 0 Å². The van der Waals surface area contributed by atoms with Gasteiger partial charge in [0, 0.05) is 25.0 Å². The number of aromatic amines is 1. The van der Waals surface area contributed by atoms with E-state index in [0.717, 1.165) is 48.5 Å². The summed E-state index contributed by atoms with van der Waals surface area (Å²) < 4.78 is 6.36. The van der Waals surface area contributed by atoms with Crippen molar-refractivity contribution in [3.05, 3.63) is 76.6 Å². The average molecular weight is 387 g/mol. The highest BCUT2D eigenvalue weighted by Gasteiger charge is 2.02. The van der Waals surface area contributed by atoms with Crippen LogP contribution in [0, 0.1) is 4.77 Å². The van der Waals surface area contributed by atoms with Gasteiger partial charge in [-0.05, 0) is 36.0 Å². The van der Waals surface area contributed by atoms with Gasteiger partial charge in [-0.1, -0.05) is 30.3 Å². The van der Waals surface area contributed by atoms with Gasteiger partial charge in [0.25, 0.3) is 0 Å². The normalized spacial score (nSPS) is 10.8. The van der Waals surface area contributed by atoms with Crippen LogP contribution in [0.15, 0.2) is 59.1 Å². The summed E-state index contributed by atoms with van der Waals surface area (Å²) in [5.41, 5.74) is 1.27. The van der Waals surface area contributed by atoms with Crippen LogP contribution in [0.3, 0.4) is 0 Å². The molecule has 0 aliphatic carbocycles. The van der Waals surface area contributed by atoms with Crippen molar-refractivity contribution < 1.29 is 4.42 Å². The predicted molar refractivity (Wildman–Crippen MR) is 110 cm³/mol. The Balaban J connectivity index is 1.31. The standard InChI is InChI=1S/C19H22N4OS2/c25-19-22-9-8-18(23-19)21-10-11-26-14-17-7-6-16(24-17)13-20-12-15-4-2-1-3-5-15/h1-9,20H,10-14H2,(H2,21,22,23,25). The number of H-pyrrole nitrogens is 1. The smallest absolute Gasteiger partial charge is 0.198 e. The molecule has 0 saturated carbocycles. The van der Waals surface area contributed by atoms with Crippen molar-refractivity contribution in [2.45, 2.75) is 18.8 Å². The Morgan fingerprint density at radius 2 is 1.88 bits per heavy atom. The van der Waals surface area contributed by atoms with Gasteiger partial charge in [-0.3, -0.25) is 0 Å². The number of thioether (sulfide) groups is 1. The molecule has 0 atom stereocenters. The minimum atomic E-state index is 0.492. The second-order valence-corrected chi connectivity index (χ2v) is 7.22. The van der Waals surface area contributed by atoms with Crippen LogP contribution in [0.4, 0.5) is 5.82 Å². The zero-order chi connectivity index (χ0) is 18.0. The van der Waals surface area contributed by atoms with Crippen molar-refractivity contribution in [3.63, 3.8) is 0 Å². The lowest BCUT2D eigenvalue weighted by molar-refractivity contribution is 0.459. The molecule has 2 heterocycles. The molecule has 3 rings (SSSR count). The van der Waals surface area contributed by atoms with Crippen LogP contribution < -0.4 is 10.6 Å². The second kappa shape index (κ2) is 10.2. The van der Waals surface area contributed by atoms with E-state index in [1.807, 2.05) is 30.0 Å². The van der Waals surface area contributed by atoms with Gasteiger partial charge in [0.05, 0.1) is 12.3 Å². The Morgan fingerprint density at radius 1 is 1.04 bits per heavy atom. The zero-order valence-electron chi connectivity index (χ0n) is 14.4. The average Bonchev–Trinajstić information content (AvgIpc) is 3.10. The highest BCUT2D eigenvalue weighted by Crippen LogP contribution is 2.15. The van der Waals surface area contributed by atoms with Gasteiger partial charge in [-0.15, -0.1) is 0 Å². The Morgan fingerprint density at radius 3 is 2.73 bits per heavy atom. The van der Waals surface area contributed by atoms with E-state index in [1.165, 1.54) is 5.56 Å². The van der Waals surface area contributed by atoms with E-state index in [-0.39, 0.29) is 0 Å². The summed E-state index contributed by atoms with van der Waals surface area (Å²) in [6, 6.07) is 16.3. The van der Waals surface area contributed by atoms with Crippen LogP contribution in [0.25, 0.3) is 0 Å². The van der Waals surface area contributed by atoms with E-state index in [9.17, 15) is 0 Å². The Labute approximate surface area is 162 Å². The van der Waals surface area contributed by atoms with Gasteiger partial charge in [0.2, 0.25) is 0 Å². The van der Waals surface area contributed by atoms with Crippen LogP contribution in [0.2, 0.25) is 0 Å². The molecule has 1 aromatic carbocycles. The third-order valence-electron chi connectivity index (χ3n) is 3.67. The van der Waals surface area contributed by atoms with Crippen LogP contribution in [-0.4, -0.2) is 22.3 Å². The van der Waals surface area contributed by atoms with Crippen LogP contribution >= 0.6 is 24.0 Å². The molecule has 3 aromatic rings. The number of furan rings is 1. The summed E-state index contributed by atoms with van der Waals surface area (Å²) in [7, 11) is 0. The fourth-order valence-corrected chi connectivity index (χ4v) is 3.34. The lowest BCUT2D eigenvalue weighted by Gasteiger charge is -2.05. The number of nitrogens with zero attached hydrogens (tertiary/aromatic N) is 1. The topological polar surface area (TPSA) is 65.9 Å². The fraction of sp³-hybridized carbons (Fsp3) is 0.263. The first-order valence-corrected chi connectivity index (χ1v) is 10.0. The molecule has 0 aliphatic heterocycles. The molecule has 0 unspecified atom stereocenters. The van der Waals surface area contributed by atoms with E-state index >= 15 is 0 Å². The van der Waals surface area contributed by atoms with E-state index in [1.54, 1.807) is 6.20 Å². The minimum Gasteiger partial charge on any atom is -0.464 e. The van der Waals surface area contributed by atoms with Crippen molar-refractivity contribution >= 4 is 29.8 Å². The molecule has 2 aromatic heterocycles. The van der Waals surface area contributed by atoms with Crippen molar-refractivity contribution in [2.24, 2.45) is 0 Å². The number of benzene rings is 1. The number of rotatable bonds is 10. The third-order valence-corrected chi connectivity index (χ3v) is 4.86. The zero-order valence-corrected chi connectivity index (χ0v) is 16.0. The number of hydrogen-bond acceptors (Lipinski definition) is 6. The van der Waals surface area contributed by atoms with Crippen LogP contribution in [-0.2, 0) is 18.8 Å². The quantitative estimate of drug-likeness (QED) is 0.355. The molecule has 0 saturated heterocycles. The maximum absolute atomic E-state index is 5.87. The first-order chi connectivity index (χ1) is 12.8. The first-order valence-electron chi connectivity index (χ1n) is 8.49. The SMILES string of the molecule is S=c1nccc(NCCSCc2ccc(CNCc3ccccc3)o2)[nH]1. The summed E-state index contributed by atoms with van der Waals surface area (Å²) in [5.74, 6) is 4.72. The molecule has 0 amide bonds. The second-order valence-electron chi connectivity index (χ2n) is 5.73. The lowest BCUT2D eigenvalue weighted by atomic mass is 10.2. The van der Waals surface area contributed by atoms with Crippen molar-refractivity contribution in [1.29, 1.82) is 0 Å². The maximum Gasteiger partial charge on any atom is 0.198 e. The summed E-state index contributed by atoms with van der Waals surface area (Å²) in [5, 5.41) is 6.70. The minimum absolute atomic E-state index is 0.492. The lowest BCUT2D eigenvalue weighted by Crippen LogP contribution is -2.11. The highest BCUT2D eigenvalue weighted by atomic mass is 32.2. The van der Waals surface area contributed by atoms with Crippen molar-refractivity contribution in [1.82, 2.24) is 15.3 Å². The molecule has 0 fully saturated rings. The van der Waals surface area contributed by atoms with Crippen LogP contribution in [0.1, 0.15) is 17.1 Å². The summed E-state index contributed by atoms with van der Waals surface area (Å²) >= 11 is 6.83. The monoisotopic (exact) mass is 386 g/mol. The molecular weight excluding hydrogens is 364 g/mol. The van der Waals surface area contributed by atoms with Gasteiger partial charge in [0.1, 0.15) is 17.3 Å². The van der Waals surface area contributed by atoms with Gasteiger partial charge in [-0.25, -0.2) is 4.98 Å². The summed E-state index contributed by atoms with van der Waals surface area (Å²) in [6.07, 6.45) is 1.70. The van der Waals surface area contributed by atoms with Gasteiger partial charge < -0.3 is 20.0 Å². The number of anilines is 1. The van der Waals surface area contributed by atoms with Crippen molar-refractivity contribution in [2.75, 3.05) is 17.6 Å². The highest BCUT2D eigenvalue weighted by molar-refractivity contribution is 7.98. The molecular formula is C19H22N4OS2.